The second-order valence-electron chi connectivity index (χ2n) is 1.09. The Morgan fingerprint density at radius 2 is 1.00 bits per heavy atom. The zero-order chi connectivity index (χ0) is 3.58. The molecule has 0 aromatic carbocycles. The van der Waals surface area contributed by atoms with Crippen LogP contribution in [0.15, 0.2) is 0 Å². The van der Waals surface area contributed by atoms with Gasteiger partial charge in [-0.25, -0.2) is 0 Å². The minimum Gasteiger partial charge on any atom is -1.00 e. The van der Waals surface area contributed by atoms with E-state index in [2.05, 4.69) is 0 Å². The second kappa shape index (κ2) is 22.8. The van der Waals surface area contributed by atoms with Crippen molar-refractivity contribution in [1.29, 1.82) is 0 Å². The fourth-order valence-corrected chi connectivity index (χ4v) is 0. The van der Waals surface area contributed by atoms with Crippen molar-refractivity contribution in [2.24, 2.45) is 0 Å². The molecule has 0 aliphatic rings. The van der Waals surface area contributed by atoms with Crippen molar-refractivity contribution in [2.75, 3.05) is 0 Å². The average Bonchev–Trinajstić information content (AvgIpc) is 0.811. The van der Waals surface area contributed by atoms with Crippen molar-refractivity contribution < 1.29 is 82.3 Å². The third-order valence-electron chi connectivity index (χ3n) is 0. The smallest absolute Gasteiger partial charge is 1.00 e. The van der Waals surface area contributed by atoms with Crippen LogP contribution in [0.4, 0.5) is 0 Å². The van der Waals surface area contributed by atoms with Gasteiger partial charge in [-0.2, -0.15) is 0 Å². The van der Waals surface area contributed by atoms with Gasteiger partial charge in [0, 0.05) is 6.10 Å². The Kier molecular flexibility index (Phi) is 90.6. The molecule has 1 N–H and O–H groups in total. The summed E-state index contributed by atoms with van der Waals surface area (Å²) in [5, 5.41) is 8.06. The van der Waals surface area contributed by atoms with E-state index in [1.54, 1.807) is 13.8 Å². The van der Waals surface area contributed by atoms with E-state index in [1.807, 2.05) is 0 Å². The minimum atomic E-state index is -0.167. The topological polar surface area (TPSA) is 20.2 Å². The Bertz CT molecular complexity index is 19.2. The van der Waals surface area contributed by atoms with Gasteiger partial charge < -0.3 is 56.1 Å². The van der Waals surface area contributed by atoms with Crippen LogP contribution in [0.2, 0.25) is 0 Å². The van der Waals surface area contributed by atoms with Crippen LogP contribution in [-0.4, -0.2) is 11.2 Å². The number of hydrogen-bond acceptors (Lipinski definition) is 1. The third-order valence-corrected chi connectivity index (χ3v) is 0. The summed E-state index contributed by atoms with van der Waals surface area (Å²) in [6.07, 6.45) is -0.167. The van der Waals surface area contributed by atoms with Crippen molar-refractivity contribution >= 4 is 0 Å². The fourth-order valence-electron chi connectivity index (χ4n) is 0. The minimum absolute atomic E-state index is 0. The second-order valence-corrected chi connectivity index (χ2v) is 1.09. The molecule has 0 rings (SSSR count). The molecule has 0 fully saturated rings. The van der Waals surface area contributed by atoms with E-state index in [0.29, 0.717) is 0 Å². The van der Waals surface area contributed by atoms with Gasteiger partial charge in [0.1, 0.15) is 0 Å². The van der Waals surface area contributed by atoms with Crippen LogP contribution in [-0.2, 0) is 26.2 Å². The summed E-state index contributed by atoms with van der Waals surface area (Å²) >= 11 is 0. The molecule has 0 unspecified atom stereocenters. The molecule has 1 radical (unpaired) electrons. The summed E-state index contributed by atoms with van der Waals surface area (Å²) < 4.78 is 0. The predicted octanol–water partition coefficient (Wildman–Crippen LogP) is -8.60. The largest absolute Gasteiger partial charge is 3.00 e. The maximum absolute atomic E-state index is 8.06. The molecule has 8 heavy (non-hydrogen) atoms. The van der Waals surface area contributed by atoms with Crippen molar-refractivity contribution in [3.8, 4) is 0 Å². The molecular weight excluding hydrogens is 383 g/mol. The predicted molar refractivity (Wildman–Crippen MR) is 17.4 cm³/mol. The van der Waals surface area contributed by atoms with Crippen LogP contribution in [0, 0.1) is 0 Å². The number of rotatable bonds is 0. The first kappa shape index (κ1) is 31.7. The number of halogens is 3. The van der Waals surface area contributed by atoms with Crippen LogP contribution in [0.25, 0.3) is 0 Å². The van der Waals surface area contributed by atoms with E-state index in [4.69, 9.17) is 5.11 Å². The standard InChI is InChI=1S/C3H8O.3BrH.Zr/c1-3(2)4;;;;/h3-4H,1-2H3;3*1H;/q;;;;+3/p-3. The van der Waals surface area contributed by atoms with E-state index in [9.17, 15) is 0 Å². The van der Waals surface area contributed by atoms with Gasteiger partial charge in [0.05, 0.1) is 0 Å². The first-order valence-corrected chi connectivity index (χ1v) is 1.41. The number of aliphatic hydroxyl groups is 1. The molecule has 0 atom stereocenters. The molecule has 0 aliphatic heterocycles. The summed E-state index contributed by atoms with van der Waals surface area (Å²) in [6, 6.07) is 0. The first-order valence-electron chi connectivity index (χ1n) is 1.41. The van der Waals surface area contributed by atoms with E-state index in [-0.39, 0.29) is 83.3 Å². The van der Waals surface area contributed by atoms with Crippen molar-refractivity contribution in [2.45, 2.75) is 20.0 Å². The van der Waals surface area contributed by atoms with Gasteiger partial charge in [0.2, 0.25) is 0 Å². The Labute approximate surface area is 101 Å². The van der Waals surface area contributed by atoms with Gasteiger partial charge >= 0.3 is 26.2 Å². The molecular formula is C3H8Br3OZr. The fraction of sp³-hybridized carbons (Fsp3) is 1.00. The molecule has 0 heterocycles. The van der Waals surface area contributed by atoms with E-state index >= 15 is 0 Å². The molecule has 0 spiro atoms. The SMILES string of the molecule is CC(C)O.[Br-].[Br-].[Br-].[Zr+3]. The van der Waals surface area contributed by atoms with E-state index in [1.165, 1.54) is 0 Å². The summed E-state index contributed by atoms with van der Waals surface area (Å²) in [5.74, 6) is 0. The molecule has 0 amide bonds. The monoisotopic (exact) mass is 387 g/mol. The summed E-state index contributed by atoms with van der Waals surface area (Å²) in [4.78, 5) is 0. The molecule has 0 bridgehead atoms. The van der Waals surface area contributed by atoms with Gasteiger partial charge in [0.15, 0.2) is 0 Å². The molecule has 1 nitrogen and oxygen atoms in total. The van der Waals surface area contributed by atoms with Crippen LogP contribution in [0.1, 0.15) is 13.8 Å². The maximum Gasteiger partial charge on any atom is 3.00 e. The summed E-state index contributed by atoms with van der Waals surface area (Å²) in [5.41, 5.74) is 0. The molecule has 51 valence electrons. The number of aliphatic hydroxyl groups excluding tert-OH is 1. The molecule has 5 heteroatoms. The molecule has 0 aromatic heterocycles. The average molecular weight is 391 g/mol. The Hall–Kier alpha value is 2.28. The Morgan fingerprint density at radius 1 is 1.00 bits per heavy atom. The van der Waals surface area contributed by atoms with Gasteiger partial charge in [-0.1, -0.05) is 0 Å². The Balaban J connectivity index is -0.00000000750. The zero-order valence-electron chi connectivity index (χ0n) is 4.66. The van der Waals surface area contributed by atoms with Gasteiger partial charge in [-0.15, -0.1) is 0 Å². The normalized spacial score (nSPS) is 4.50. The van der Waals surface area contributed by atoms with Gasteiger partial charge in [-0.3, -0.25) is 0 Å². The van der Waals surface area contributed by atoms with Crippen molar-refractivity contribution in [3.05, 3.63) is 0 Å². The van der Waals surface area contributed by atoms with Crippen LogP contribution >= 0.6 is 0 Å². The molecule has 0 saturated carbocycles. The van der Waals surface area contributed by atoms with Crippen LogP contribution < -0.4 is 50.9 Å². The van der Waals surface area contributed by atoms with Crippen molar-refractivity contribution in [1.82, 2.24) is 0 Å². The Morgan fingerprint density at radius 3 is 1.00 bits per heavy atom. The van der Waals surface area contributed by atoms with Crippen LogP contribution in [0.5, 0.6) is 0 Å². The quantitative estimate of drug-likeness (QED) is 0.435. The van der Waals surface area contributed by atoms with E-state index < -0.39 is 0 Å². The molecule has 0 saturated heterocycles. The summed E-state index contributed by atoms with van der Waals surface area (Å²) in [6.45, 7) is 3.44. The number of hydrogen-bond donors (Lipinski definition) is 1. The van der Waals surface area contributed by atoms with Crippen LogP contribution in [0.3, 0.4) is 0 Å². The first-order chi connectivity index (χ1) is 1.73. The van der Waals surface area contributed by atoms with E-state index in [0.717, 1.165) is 0 Å². The van der Waals surface area contributed by atoms with Gasteiger partial charge in [-0.05, 0) is 13.8 Å². The summed E-state index contributed by atoms with van der Waals surface area (Å²) in [7, 11) is 0. The maximum atomic E-state index is 8.06. The zero-order valence-corrected chi connectivity index (χ0v) is 11.9. The molecule has 0 aromatic rings. The molecule has 0 aliphatic carbocycles. The third kappa shape index (κ3) is 84.3. The van der Waals surface area contributed by atoms with Crippen molar-refractivity contribution in [3.63, 3.8) is 0 Å². The van der Waals surface area contributed by atoms with Gasteiger partial charge in [0.25, 0.3) is 0 Å².